The number of carbonyl (C=O) groups excluding carboxylic acids is 2. The summed E-state index contributed by atoms with van der Waals surface area (Å²) in [5, 5.41) is 2.80. The number of alkyl halides is 1. The SMILES string of the molecule is COC(=O)C(Br)CNC(=O)C1CCC(C)CC1. The van der Waals surface area contributed by atoms with Gasteiger partial charge in [-0.1, -0.05) is 22.9 Å². The number of hydrogen-bond donors (Lipinski definition) is 1. The van der Waals surface area contributed by atoms with Crippen LogP contribution in [0.15, 0.2) is 0 Å². The van der Waals surface area contributed by atoms with Crippen LogP contribution in [0.1, 0.15) is 32.6 Å². The molecule has 5 heteroatoms. The van der Waals surface area contributed by atoms with Gasteiger partial charge in [0.05, 0.1) is 7.11 Å². The first-order valence-corrected chi connectivity index (χ1v) is 6.95. The second-order valence-electron chi connectivity index (χ2n) is 4.69. The van der Waals surface area contributed by atoms with E-state index in [9.17, 15) is 9.59 Å². The van der Waals surface area contributed by atoms with E-state index in [0.717, 1.165) is 31.6 Å². The lowest BCUT2D eigenvalue weighted by Gasteiger charge is -2.25. The standard InChI is InChI=1S/C12H20BrNO3/c1-8-3-5-9(6-4-8)11(15)14-7-10(13)12(16)17-2/h8-10H,3-7H2,1-2H3,(H,14,15). The fourth-order valence-corrected chi connectivity index (χ4v) is 2.42. The maximum Gasteiger partial charge on any atom is 0.321 e. The Morgan fingerprint density at radius 3 is 2.47 bits per heavy atom. The molecular weight excluding hydrogens is 286 g/mol. The first-order chi connectivity index (χ1) is 8.04. The smallest absolute Gasteiger partial charge is 0.321 e. The molecule has 0 aromatic carbocycles. The highest BCUT2D eigenvalue weighted by molar-refractivity contribution is 9.10. The van der Waals surface area contributed by atoms with Crippen molar-refractivity contribution in [3.05, 3.63) is 0 Å². The Balaban J connectivity index is 2.27. The summed E-state index contributed by atoms with van der Waals surface area (Å²) < 4.78 is 4.57. The second-order valence-corrected chi connectivity index (χ2v) is 5.80. The summed E-state index contributed by atoms with van der Waals surface area (Å²) in [6.07, 6.45) is 4.15. The van der Waals surface area contributed by atoms with E-state index >= 15 is 0 Å². The fraction of sp³-hybridized carbons (Fsp3) is 0.833. The molecular formula is C12H20BrNO3. The summed E-state index contributed by atoms with van der Waals surface area (Å²) >= 11 is 3.18. The molecule has 1 atom stereocenters. The number of nitrogens with one attached hydrogen (secondary N) is 1. The summed E-state index contributed by atoms with van der Waals surface area (Å²) in [6.45, 7) is 2.51. The molecule has 0 aromatic heterocycles. The Labute approximate surface area is 111 Å². The molecule has 0 aliphatic heterocycles. The molecule has 0 spiro atoms. The van der Waals surface area contributed by atoms with Crippen LogP contribution in [0.25, 0.3) is 0 Å². The Kier molecular flexibility index (Phi) is 5.95. The first kappa shape index (κ1) is 14.5. The average Bonchev–Trinajstić information content (AvgIpc) is 2.35. The quantitative estimate of drug-likeness (QED) is 0.637. The van der Waals surface area contributed by atoms with Crippen LogP contribution in [-0.4, -0.2) is 30.4 Å². The van der Waals surface area contributed by atoms with Crippen LogP contribution in [0.3, 0.4) is 0 Å². The van der Waals surface area contributed by atoms with Crippen molar-refractivity contribution >= 4 is 27.8 Å². The van der Waals surface area contributed by atoms with Gasteiger partial charge in [0.2, 0.25) is 5.91 Å². The Bertz CT molecular complexity index is 275. The van der Waals surface area contributed by atoms with Crippen LogP contribution in [0.4, 0.5) is 0 Å². The molecule has 1 N–H and O–H groups in total. The van der Waals surface area contributed by atoms with Gasteiger partial charge in [0, 0.05) is 12.5 Å². The Morgan fingerprint density at radius 2 is 1.94 bits per heavy atom. The molecule has 0 heterocycles. The van der Waals surface area contributed by atoms with Gasteiger partial charge in [0.25, 0.3) is 0 Å². The molecule has 0 aromatic rings. The molecule has 0 saturated heterocycles. The highest BCUT2D eigenvalue weighted by Crippen LogP contribution is 2.28. The third-order valence-corrected chi connectivity index (χ3v) is 4.00. The Hall–Kier alpha value is -0.580. The van der Waals surface area contributed by atoms with Crippen molar-refractivity contribution in [2.45, 2.75) is 37.4 Å². The van der Waals surface area contributed by atoms with Gasteiger partial charge in [-0.05, 0) is 31.6 Å². The van der Waals surface area contributed by atoms with Crippen LogP contribution in [0.5, 0.6) is 0 Å². The highest BCUT2D eigenvalue weighted by atomic mass is 79.9. The zero-order valence-corrected chi connectivity index (χ0v) is 12.0. The fourth-order valence-electron chi connectivity index (χ4n) is 2.07. The van der Waals surface area contributed by atoms with Crippen molar-refractivity contribution in [1.29, 1.82) is 0 Å². The number of hydrogen-bond acceptors (Lipinski definition) is 3. The van der Waals surface area contributed by atoms with Crippen LogP contribution in [0, 0.1) is 11.8 Å². The minimum absolute atomic E-state index is 0.0604. The second kappa shape index (κ2) is 6.99. The van der Waals surface area contributed by atoms with E-state index in [1.165, 1.54) is 7.11 Å². The molecule has 1 aliphatic carbocycles. The number of carbonyl (C=O) groups is 2. The molecule has 17 heavy (non-hydrogen) atoms. The zero-order valence-electron chi connectivity index (χ0n) is 10.4. The summed E-state index contributed by atoms with van der Waals surface area (Å²) in [7, 11) is 1.33. The average molecular weight is 306 g/mol. The van der Waals surface area contributed by atoms with Crippen molar-refractivity contribution < 1.29 is 14.3 Å². The lowest BCUT2D eigenvalue weighted by Crippen LogP contribution is -2.38. The van der Waals surface area contributed by atoms with Gasteiger partial charge in [0.1, 0.15) is 4.83 Å². The lowest BCUT2D eigenvalue weighted by molar-refractivity contribution is -0.139. The minimum atomic E-state index is -0.459. The summed E-state index contributed by atoms with van der Waals surface area (Å²) in [6, 6.07) is 0. The van der Waals surface area contributed by atoms with Crippen LogP contribution in [-0.2, 0) is 14.3 Å². The van der Waals surface area contributed by atoms with Crippen molar-refractivity contribution in [2.75, 3.05) is 13.7 Å². The van der Waals surface area contributed by atoms with Crippen molar-refractivity contribution in [1.82, 2.24) is 5.32 Å². The molecule has 1 amide bonds. The highest BCUT2D eigenvalue weighted by Gasteiger charge is 2.25. The first-order valence-electron chi connectivity index (χ1n) is 6.04. The molecule has 1 aliphatic rings. The van der Waals surface area contributed by atoms with Crippen molar-refractivity contribution in [3.8, 4) is 0 Å². The van der Waals surface area contributed by atoms with Gasteiger partial charge in [-0.2, -0.15) is 0 Å². The van der Waals surface area contributed by atoms with Crippen LogP contribution >= 0.6 is 15.9 Å². The third kappa shape index (κ3) is 4.66. The van der Waals surface area contributed by atoms with Crippen LogP contribution in [0.2, 0.25) is 0 Å². The molecule has 1 unspecified atom stereocenters. The number of rotatable bonds is 4. The predicted octanol–water partition coefficient (Wildman–Crippen LogP) is 1.87. The van der Waals surface area contributed by atoms with E-state index in [2.05, 4.69) is 32.9 Å². The molecule has 1 fully saturated rings. The van der Waals surface area contributed by atoms with E-state index in [-0.39, 0.29) is 24.3 Å². The van der Waals surface area contributed by atoms with Gasteiger partial charge < -0.3 is 10.1 Å². The number of esters is 1. The third-order valence-electron chi connectivity index (χ3n) is 3.30. The largest absolute Gasteiger partial charge is 0.468 e. The van der Waals surface area contributed by atoms with E-state index in [1.54, 1.807) is 0 Å². The lowest BCUT2D eigenvalue weighted by atomic mass is 9.82. The van der Waals surface area contributed by atoms with Gasteiger partial charge in [0.15, 0.2) is 0 Å². The van der Waals surface area contributed by atoms with Gasteiger partial charge in [-0.25, -0.2) is 0 Å². The molecule has 1 rings (SSSR count). The van der Waals surface area contributed by atoms with Gasteiger partial charge >= 0.3 is 5.97 Å². The van der Waals surface area contributed by atoms with Crippen molar-refractivity contribution in [3.63, 3.8) is 0 Å². The Morgan fingerprint density at radius 1 is 1.35 bits per heavy atom. The molecule has 4 nitrogen and oxygen atoms in total. The summed E-state index contributed by atoms with van der Waals surface area (Å²) in [4.78, 5) is 22.5. The van der Waals surface area contributed by atoms with Gasteiger partial charge in [-0.3, -0.25) is 9.59 Å². The normalized spacial score (nSPS) is 26.1. The van der Waals surface area contributed by atoms with Gasteiger partial charge in [-0.15, -0.1) is 0 Å². The van der Waals surface area contributed by atoms with Crippen LogP contribution < -0.4 is 5.32 Å². The van der Waals surface area contributed by atoms with Crippen molar-refractivity contribution in [2.24, 2.45) is 11.8 Å². The topological polar surface area (TPSA) is 55.4 Å². The minimum Gasteiger partial charge on any atom is -0.468 e. The van der Waals surface area contributed by atoms with E-state index in [4.69, 9.17) is 0 Å². The summed E-state index contributed by atoms with van der Waals surface area (Å²) in [5.74, 6) is 0.550. The number of amides is 1. The molecule has 0 bridgehead atoms. The maximum atomic E-state index is 11.8. The zero-order chi connectivity index (χ0) is 12.8. The van der Waals surface area contributed by atoms with E-state index in [1.807, 2.05) is 0 Å². The van der Waals surface area contributed by atoms with E-state index < -0.39 is 4.83 Å². The predicted molar refractivity (Wildman–Crippen MR) is 68.9 cm³/mol. The summed E-state index contributed by atoms with van der Waals surface area (Å²) in [5.41, 5.74) is 0. The molecule has 1 saturated carbocycles. The number of methoxy groups -OCH3 is 1. The number of halogens is 1. The maximum absolute atomic E-state index is 11.8. The number of ether oxygens (including phenoxy) is 1. The molecule has 98 valence electrons. The molecule has 0 radical (unpaired) electrons. The monoisotopic (exact) mass is 305 g/mol. The van der Waals surface area contributed by atoms with E-state index in [0.29, 0.717) is 0 Å².